The number of nitrogens with zero attached hydrogens (tertiary/aromatic N) is 5. The molecule has 3 rings (SSSR count). The Balaban J connectivity index is 2.01. The molecule has 1 aromatic carbocycles. The Kier molecular flexibility index (Phi) is 3.29. The van der Waals surface area contributed by atoms with E-state index >= 15 is 0 Å². The van der Waals surface area contributed by atoms with E-state index in [1.54, 1.807) is 16.6 Å². The van der Waals surface area contributed by atoms with Crippen LogP contribution in [0.4, 0.5) is 10.2 Å². The van der Waals surface area contributed by atoms with E-state index in [2.05, 4.69) is 26.9 Å². The lowest BCUT2D eigenvalue weighted by molar-refractivity contribution is 0.624. The summed E-state index contributed by atoms with van der Waals surface area (Å²) in [6, 6.07) is 8.57. The fourth-order valence-corrected chi connectivity index (χ4v) is 2.33. The summed E-state index contributed by atoms with van der Waals surface area (Å²) < 4.78 is 14.8. The standard InChI is InChI=1S/C15H16FN5/c1-10-8-14(21-15(19-10)17-9-18-21)20(3)11(2)12-4-6-13(16)7-5-12/h4-9,11H,1-3H3. The van der Waals surface area contributed by atoms with Gasteiger partial charge in [0.1, 0.15) is 18.0 Å². The third-order valence-corrected chi connectivity index (χ3v) is 3.66. The molecule has 6 heteroatoms. The summed E-state index contributed by atoms with van der Waals surface area (Å²) in [5.41, 5.74) is 1.91. The Morgan fingerprint density at radius 2 is 1.95 bits per heavy atom. The minimum atomic E-state index is -0.230. The maximum absolute atomic E-state index is 13.0. The summed E-state index contributed by atoms with van der Waals surface area (Å²) in [5.74, 6) is 1.24. The molecule has 108 valence electrons. The van der Waals surface area contributed by atoms with Gasteiger partial charge in [0.05, 0.1) is 6.04 Å². The number of anilines is 1. The molecule has 1 atom stereocenters. The minimum Gasteiger partial charge on any atom is -0.353 e. The Hall–Kier alpha value is -2.50. The molecule has 0 aliphatic heterocycles. The first-order chi connectivity index (χ1) is 10.1. The van der Waals surface area contributed by atoms with Crippen molar-refractivity contribution in [1.29, 1.82) is 0 Å². The number of fused-ring (bicyclic) bond motifs is 1. The van der Waals surface area contributed by atoms with Gasteiger partial charge in [-0.25, -0.2) is 9.37 Å². The van der Waals surface area contributed by atoms with Crippen LogP contribution in [0.15, 0.2) is 36.7 Å². The smallest absolute Gasteiger partial charge is 0.254 e. The van der Waals surface area contributed by atoms with Crippen LogP contribution in [0, 0.1) is 12.7 Å². The molecule has 0 aliphatic carbocycles. The molecule has 21 heavy (non-hydrogen) atoms. The zero-order chi connectivity index (χ0) is 15.0. The molecule has 0 fully saturated rings. The van der Waals surface area contributed by atoms with Crippen LogP contribution in [-0.4, -0.2) is 26.6 Å². The Morgan fingerprint density at radius 1 is 1.24 bits per heavy atom. The third-order valence-electron chi connectivity index (χ3n) is 3.66. The molecule has 0 N–H and O–H groups in total. The van der Waals surface area contributed by atoms with Crippen molar-refractivity contribution in [3.8, 4) is 0 Å². The normalized spacial score (nSPS) is 12.6. The molecule has 0 aliphatic rings. The van der Waals surface area contributed by atoms with Gasteiger partial charge in [-0.05, 0) is 31.5 Å². The van der Waals surface area contributed by atoms with Gasteiger partial charge in [0.15, 0.2) is 0 Å². The van der Waals surface area contributed by atoms with Crippen LogP contribution in [0.2, 0.25) is 0 Å². The molecule has 0 radical (unpaired) electrons. The third kappa shape index (κ3) is 2.44. The summed E-state index contributed by atoms with van der Waals surface area (Å²) in [4.78, 5) is 10.5. The monoisotopic (exact) mass is 285 g/mol. The van der Waals surface area contributed by atoms with Crippen molar-refractivity contribution in [1.82, 2.24) is 19.6 Å². The Bertz CT molecular complexity index is 765. The fraction of sp³-hybridized carbons (Fsp3) is 0.267. The summed E-state index contributed by atoms with van der Waals surface area (Å²) >= 11 is 0. The first-order valence-corrected chi connectivity index (χ1v) is 6.72. The van der Waals surface area contributed by atoms with Crippen LogP contribution in [0.1, 0.15) is 24.2 Å². The van der Waals surface area contributed by atoms with Crippen LogP contribution in [0.5, 0.6) is 0 Å². The maximum Gasteiger partial charge on any atom is 0.254 e. The average molecular weight is 285 g/mol. The molecule has 2 heterocycles. The molecular formula is C15H16FN5. The molecule has 0 amide bonds. The van der Waals surface area contributed by atoms with Gasteiger partial charge >= 0.3 is 0 Å². The second-order valence-electron chi connectivity index (χ2n) is 5.07. The number of hydrogen-bond donors (Lipinski definition) is 0. The van der Waals surface area contributed by atoms with E-state index in [1.165, 1.54) is 18.5 Å². The van der Waals surface area contributed by atoms with Gasteiger partial charge < -0.3 is 4.90 Å². The van der Waals surface area contributed by atoms with Crippen molar-refractivity contribution in [2.75, 3.05) is 11.9 Å². The van der Waals surface area contributed by atoms with Crippen molar-refractivity contribution in [3.05, 3.63) is 53.7 Å². The van der Waals surface area contributed by atoms with E-state index in [0.717, 1.165) is 17.1 Å². The zero-order valence-electron chi connectivity index (χ0n) is 12.2. The second-order valence-corrected chi connectivity index (χ2v) is 5.07. The quantitative estimate of drug-likeness (QED) is 0.742. The molecule has 5 nitrogen and oxygen atoms in total. The van der Waals surface area contributed by atoms with Crippen molar-refractivity contribution in [2.45, 2.75) is 19.9 Å². The summed E-state index contributed by atoms with van der Waals surface area (Å²) in [6.45, 7) is 3.99. The van der Waals surface area contributed by atoms with Crippen LogP contribution < -0.4 is 4.90 Å². The van der Waals surface area contributed by atoms with Crippen molar-refractivity contribution in [3.63, 3.8) is 0 Å². The number of aromatic nitrogens is 4. The molecule has 3 aromatic rings. The first-order valence-electron chi connectivity index (χ1n) is 6.72. The highest BCUT2D eigenvalue weighted by Gasteiger charge is 2.16. The van der Waals surface area contributed by atoms with E-state index in [9.17, 15) is 4.39 Å². The molecule has 0 bridgehead atoms. The fourth-order valence-electron chi connectivity index (χ4n) is 2.33. The van der Waals surface area contributed by atoms with Crippen LogP contribution in [0.3, 0.4) is 0 Å². The first kappa shape index (κ1) is 13.5. The average Bonchev–Trinajstić information content (AvgIpc) is 2.93. The predicted molar refractivity (Wildman–Crippen MR) is 78.7 cm³/mol. The topological polar surface area (TPSA) is 46.3 Å². The van der Waals surface area contributed by atoms with Gasteiger partial charge in [-0.15, -0.1) is 0 Å². The largest absolute Gasteiger partial charge is 0.353 e. The van der Waals surface area contributed by atoms with Crippen molar-refractivity contribution < 1.29 is 4.39 Å². The Morgan fingerprint density at radius 3 is 2.67 bits per heavy atom. The molecule has 0 saturated heterocycles. The van der Waals surface area contributed by atoms with E-state index in [0.29, 0.717) is 5.78 Å². The van der Waals surface area contributed by atoms with E-state index < -0.39 is 0 Å². The molecular weight excluding hydrogens is 269 g/mol. The summed E-state index contributed by atoms with van der Waals surface area (Å²) in [7, 11) is 1.98. The van der Waals surface area contributed by atoms with Gasteiger partial charge in [0.25, 0.3) is 5.78 Å². The van der Waals surface area contributed by atoms with Gasteiger partial charge in [-0.3, -0.25) is 0 Å². The number of halogens is 1. The summed E-state index contributed by atoms with van der Waals surface area (Å²) in [6.07, 6.45) is 1.49. The maximum atomic E-state index is 13.0. The predicted octanol–water partition coefficient (Wildman–Crippen LogP) is 2.77. The molecule has 2 aromatic heterocycles. The van der Waals surface area contributed by atoms with Crippen LogP contribution in [-0.2, 0) is 0 Å². The highest BCUT2D eigenvalue weighted by Crippen LogP contribution is 2.25. The van der Waals surface area contributed by atoms with Crippen molar-refractivity contribution in [2.24, 2.45) is 0 Å². The molecule has 0 saturated carbocycles. The lowest BCUT2D eigenvalue weighted by Crippen LogP contribution is -2.24. The van der Waals surface area contributed by atoms with E-state index in [-0.39, 0.29) is 11.9 Å². The molecule has 1 unspecified atom stereocenters. The van der Waals surface area contributed by atoms with Crippen molar-refractivity contribution >= 4 is 11.6 Å². The van der Waals surface area contributed by atoms with Crippen LogP contribution in [0.25, 0.3) is 5.78 Å². The van der Waals surface area contributed by atoms with Crippen LogP contribution >= 0.6 is 0 Å². The number of aryl methyl sites for hydroxylation is 1. The lowest BCUT2D eigenvalue weighted by Gasteiger charge is -2.27. The second kappa shape index (κ2) is 5.12. The van der Waals surface area contributed by atoms with Gasteiger partial charge in [-0.1, -0.05) is 12.1 Å². The number of benzene rings is 1. The SMILES string of the molecule is Cc1cc(N(C)C(C)c2ccc(F)cc2)n2ncnc2n1. The highest BCUT2D eigenvalue weighted by molar-refractivity contribution is 5.48. The van der Waals surface area contributed by atoms with E-state index in [1.807, 2.05) is 20.0 Å². The Labute approximate surface area is 122 Å². The van der Waals surface area contributed by atoms with Gasteiger partial charge in [0.2, 0.25) is 0 Å². The summed E-state index contributed by atoms with van der Waals surface area (Å²) in [5, 5.41) is 4.21. The highest BCUT2D eigenvalue weighted by atomic mass is 19.1. The zero-order valence-corrected chi connectivity index (χ0v) is 12.2. The van der Waals surface area contributed by atoms with E-state index in [4.69, 9.17) is 0 Å². The molecule has 0 spiro atoms. The minimum absolute atomic E-state index is 0.0693. The van der Waals surface area contributed by atoms with Gasteiger partial charge in [0, 0.05) is 18.8 Å². The number of rotatable bonds is 3. The number of hydrogen-bond acceptors (Lipinski definition) is 4. The van der Waals surface area contributed by atoms with Gasteiger partial charge in [-0.2, -0.15) is 14.6 Å². The lowest BCUT2D eigenvalue weighted by atomic mass is 10.1.